The summed E-state index contributed by atoms with van der Waals surface area (Å²) < 4.78 is 8.19. The Morgan fingerprint density at radius 1 is 0.964 bits per heavy atom. The van der Waals surface area contributed by atoms with Gasteiger partial charge in [0, 0.05) is 56.8 Å². The van der Waals surface area contributed by atoms with E-state index in [1.807, 2.05) is 30.6 Å². The smallest absolute Gasteiger partial charge is 0.328 e. The molecule has 2 N–H and O–H groups in total. The number of imide groups is 1. The van der Waals surface area contributed by atoms with Crippen LogP contribution < -0.4 is 25.2 Å². The number of imidazole rings is 1. The van der Waals surface area contributed by atoms with Crippen LogP contribution in [0, 0.1) is 17.2 Å². The maximum Gasteiger partial charge on any atom is 0.328 e. The molecule has 15 heteroatoms. The topological polar surface area (TPSA) is 161 Å². The van der Waals surface area contributed by atoms with Crippen molar-refractivity contribution in [3.63, 3.8) is 0 Å². The number of hydrogen-bond acceptors (Lipinski definition) is 10. The van der Waals surface area contributed by atoms with E-state index in [0.29, 0.717) is 40.4 Å². The highest BCUT2D eigenvalue weighted by Gasteiger charge is 2.30. The van der Waals surface area contributed by atoms with Gasteiger partial charge in [0.15, 0.2) is 11.5 Å². The number of pyridine rings is 1. The second-order valence-corrected chi connectivity index (χ2v) is 15.5. The summed E-state index contributed by atoms with van der Waals surface area (Å²) >= 11 is 6.15. The number of carbonyl (C=O) groups is 3. The lowest BCUT2D eigenvalue weighted by atomic mass is 9.92. The summed E-state index contributed by atoms with van der Waals surface area (Å²) in [5.74, 6) is 3.00. The second kappa shape index (κ2) is 16.2. The molecule has 1 aromatic carbocycles. The molecule has 4 amide bonds. The van der Waals surface area contributed by atoms with Crippen molar-refractivity contribution < 1.29 is 19.1 Å². The molecule has 8 rings (SSSR count). The van der Waals surface area contributed by atoms with Gasteiger partial charge < -0.3 is 24.3 Å². The summed E-state index contributed by atoms with van der Waals surface area (Å²) in [5, 5.41) is 23.7. The second-order valence-electron chi connectivity index (χ2n) is 15.1. The zero-order valence-corrected chi connectivity index (χ0v) is 31.5. The van der Waals surface area contributed by atoms with Crippen molar-refractivity contribution >= 4 is 46.5 Å². The van der Waals surface area contributed by atoms with Crippen LogP contribution in [0.4, 0.5) is 16.3 Å². The molecular formula is C40H45ClN10O4. The van der Waals surface area contributed by atoms with Gasteiger partial charge in [-0.05, 0) is 107 Å². The average Bonchev–Trinajstić information content (AvgIpc) is 3.64. The summed E-state index contributed by atoms with van der Waals surface area (Å²) in [4.78, 5) is 48.5. The molecule has 1 aliphatic carbocycles. The standard InChI is InChI=1S/C40H45ClN10O4/c41-32-22-31(6-3-28(32)23-42)55-30-7-4-29(5-8-30)44-39(53)33-9-10-36(47-46-33)49-19-11-26(12-20-49)25-48-17-13-27(14-18-48)38-43-24-35-34(2-1-16-50(35)38)51-21-15-37(52)45-40(51)54/h1-3,6,9-10,16,22,24,26-27,29-30H,4-5,7-8,11-15,17-21,25H2,(H,44,53)(H,45,52,54)/t29-,30-. The number of nitrogens with zero attached hydrogens (tertiary/aromatic N) is 8. The Morgan fingerprint density at radius 3 is 2.47 bits per heavy atom. The zero-order chi connectivity index (χ0) is 37.9. The summed E-state index contributed by atoms with van der Waals surface area (Å²) in [6.45, 7) is 5.31. The number of nitriles is 1. The maximum atomic E-state index is 13.0. The third-order valence-corrected chi connectivity index (χ3v) is 11.9. The van der Waals surface area contributed by atoms with Crippen molar-refractivity contribution in [3.8, 4) is 11.8 Å². The number of nitrogens with one attached hydrogen (secondary N) is 2. The number of urea groups is 1. The van der Waals surface area contributed by atoms with E-state index in [2.05, 4.69) is 41.1 Å². The Labute approximate surface area is 324 Å². The first-order valence-electron chi connectivity index (χ1n) is 19.4. The van der Waals surface area contributed by atoms with Crippen molar-refractivity contribution in [1.82, 2.24) is 35.1 Å². The summed E-state index contributed by atoms with van der Waals surface area (Å²) in [5.41, 5.74) is 2.40. The van der Waals surface area contributed by atoms with Gasteiger partial charge in [-0.2, -0.15) is 5.26 Å². The maximum absolute atomic E-state index is 13.0. The summed E-state index contributed by atoms with van der Waals surface area (Å²) in [6.07, 6.45) is 11.6. The minimum absolute atomic E-state index is 0.0329. The van der Waals surface area contributed by atoms with Gasteiger partial charge in [-0.15, -0.1) is 10.2 Å². The normalized spacial score (nSPS) is 21.7. The molecule has 0 spiro atoms. The first-order valence-corrected chi connectivity index (χ1v) is 19.7. The van der Waals surface area contributed by atoms with Crippen LogP contribution in [-0.2, 0) is 4.79 Å². The van der Waals surface area contributed by atoms with E-state index in [1.54, 1.807) is 29.2 Å². The molecule has 3 saturated heterocycles. The molecule has 14 nitrogen and oxygen atoms in total. The molecule has 286 valence electrons. The van der Waals surface area contributed by atoms with Crippen LogP contribution in [0.2, 0.25) is 5.02 Å². The predicted molar refractivity (Wildman–Crippen MR) is 206 cm³/mol. The Balaban J connectivity index is 0.760. The van der Waals surface area contributed by atoms with Crippen LogP contribution in [0.25, 0.3) is 5.52 Å². The van der Waals surface area contributed by atoms with Gasteiger partial charge in [0.05, 0.1) is 34.1 Å². The number of benzene rings is 1. The van der Waals surface area contributed by atoms with E-state index in [-0.39, 0.29) is 36.4 Å². The molecule has 4 fully saturated rings. The molecule has 4 aromatic rings. The van der Waals surface area contributed by atoms with Crippen LogP contribution in [-0.4, -0.2) is 93.7 Å². The molecular weight excluding hydrogens is 720 g/mol. The van der Waals surface area contributed by atoms with Gasteiger partial charge >= 0.3 is 6.03 Å². The Morgan fingerprint density at radius 2 is 1.76 bits per heavy atom. The van der Waals surface area contributed by atoms with Gasteiger partial charge in [0.25, 0.3) is 5.91 Å². The number of amides is 4. The molecule has 0 unspecified atom stereocenters. The minimum atomic E-state index is -0.385. The third-order valence-electron chi connectivity index (χ3n) is 11.6. The monoisotopic (exact) mass is 764 g/mol. The van der Waals surface area contributed by atoms with Crippen LogP contribution in [0.5, 0.6) is 5.75 Å². The molecule has 1 saturated carbocycles. The number of carbonyl (C=O) groups excluding carboxylic acids is 3. The van der Waals surface area contributed by atoms with Crippen LogP contribution >= 0.6 is 11.6 Å². The lowest BCUT2D eigenvalue weighted by Gasteiger charge is -2.37. The third kappa shape index (κ3) is 8.23. The number of ether oxygens (including phenoxy) is 1. The SMILES string of the molecule is N#Cc1ccc(O[C@H]2CC[C@H](NC(=O)c3ccc(N4CCC(CN5CCC(c6ncc7c(N8CCC(=O)NC8=O)cccn67)CC5)CC4)nn3)CC2)cc1Cl. The first kappa shape index (κ1) is 36.7. The highest BCUT2D eigenvalue weighted by molar-refractivity contribution is 6.31. The van der Waals surface area contributed by atoms with Crippen molar-refractivity contribution in [2.24, 2.45) is 5.92 Å². The van der Waals surface area contributed by atoms with Crippen LogP contribution in [0.15, 0.2) is 54.9 Å². The van der Waals surface area contributed by atoms with Gasteiger partial charge in [0.2, 0.25) is 5.91 Å². The molecule has 4 aliphatic rings. The van der Waals surface area contributed by atoms with Crippen LogP contribution in [0.1, 0.15) is 85.6 Å². The number of likely N-dealkylation sites (tertiary alicyclic amines) is 1. The molecule has 0 bridgehead atoms. The van der Waals surface area contributed by atoms with E-state index < -0.39 is 0 Å². The van der Waals surface area contributed by atoms with E-state index in [9.17, 15) is 14.4 Å². The molecule has 0 radical (unpaired) electrons. The minimum Gasteiger partial charge on any atom is -0.490 e. The number of fused-ring (bicyclic) bond motifs is 1. The predicted octanol–water partition coefficient (Wildman–Crippen LogP) is 5.31. The number of hydrogen-bond donors (Lipinski definition) is 2. The van der Waals surface area contributed by atoms with Gasteiger partial charge in [-0.1, -0.05) is 11.6 Å². The fourth-order valence-corrected chi connectivity index (χ4v) is 8.70. The lowest BCUT2D eigenvalue weighted by molar-refractivity contribution is -0.120. The van der Waals surface area contributed by atoms with E-state index in [0.717, 1.165) is 107 Å². The largest absolute Gasteiger partial charge is 0.490 e. The highest BCUT2D eigenvalue weighted by Crippen LogP contribution is 2.33. The van der Waals surface area contributed by atoms with E-state index in [1.165, 1.54) is 0 Å². The summed E-state index contributed by atoms with van der Waals surface area (Å²) in [6, 6.07) is 14.4. The van der Waals surface area contributed by atoms with Crippen molar-refractivity contribution in [2.75, 3.05) is 49.1 Å². The molecule has 3 aliphatic heterocycles. The van der Waals surface area contributed by atoms with Crippen LogP contribution in [0.3, 0.4) is 0 Å². The average molecular weight is 765 g/mol. The number of aromatic nitrogens is 4. The van der Waals surface area contributed by atoms with E-state index >= 15 is 0 Å². The van der Waals surface area contributed by atoms with E-state index in [4.69, 9.17) is 26.6 Å². The van der Waals surface area contributed by atoms with Gasteiger partial charge in [-0.3, -0.25) is 19.8 Å². The number of halogens is 1. The van der Waals surface area contributed by atoms with Crippen molar-refractivity contribution in [1.29, 1.82) is 5.26 Å². The molecule has 55 heavy (non-hydrogen) atoms. The first-order chi connectivity index (χ1) is 26.8. The fraction of sp³-hybridized carbons (Fsp3) is 0.475. The Bertz CT molecular complexity index is 2080. The summed E-state index contributed by atoms with van der Waals surface area (Å²) in [7, 11) is 0. The lowest BCUT2D eigenvalue weighted by Crippen LogP contribution is -2.49. The zero-order valence-electron chi connectivity index (χ0n) is 30.7. The van der Waals surface area contributed by atoms with Gasteiger partial charge in [0.1, 0.15) is 17.6 Å². The number of rotatable bonds is 9. The Kier molecular flexibility index (Phi) is 10.8. The fourth-order valence-electron chi connectivity index (χ4n) is 8.49. The Hall–Kier alpha value is -5.26. The molecule has 0 atom stereocenters. The number of anilines is 2. The quantitative estimate of drug-likeness (QED) is 0.229. The van der Waals surface area contributed by atoms with Crippen molar-refractivity contribution in [3.05, 3.63) is 77.0 Å². The van der Waals surface area contributed by atoms with Gasteiger partial charge in [-0.25, -0.2) is 9.78 Å². The number of piperidine rings is 2. The van der Waals surface area contributed by atoms with Crippen molar-refractivity contribution in [2.45, 2.75) is 75.9 Å². The highest BCUT2D eigenvalue weighted by atomic mass is 35.5. The molecule has 6 heterocycles. The molecule has 3 aromatic heterocycles.